The van der Waals surface area contributed by atoms with E-state index in [2.05, 4.69) is 57.8 Å². The van der Waals surface area contributed by atoms with Crippen LogP contribution < -0.4 is 10.6 Å². The summed E-state index contributed by atoms with van der Waals surface area (Å²) in [5.41, 5.74) is 1.78. The van der Waals surface area contributed by atoms with Gasteiger partial charge in [-0.2, -0.15) is 0 Å². The van der Waals surface area contributed by atoms with Gasteiger partial charge in [-0.1, -0.05) is 36.8 Å². The Morgan fingerprint density at radius 3 is 2.72 bits per heavy atom. The second kappa shape index (κ2) is 8.71. The fraction of sp³-hybridized carbons (Fsp3) is 0.696. The molecule has 160 valence electrons. The van der Waals surface area contributed by atoms with Gasteiger partial charge in [-0.15, -0.1) is 24.0 Å². The van der Waals surface area contributed by atoms with Crippen LogP contribution in [0.25, 0.3) is 0 Å². The summed E-state index contributed by atoms with van der Waals surface area (Å²) in [6.45, 7) is 5.38. The zero-order valence-electron chi connectivity index (χ0n) is 17.6. The van der Waals surface area contributed by atoms with E-state index in [1.165, 1.54) is 37.7 Å². The Hall–Kier alpha value is -0.860. The zero-order valence-corrected chi connectivity index (χ0v) is 20.0. The third kappa shape index (κ3) is 3.81. The number of likely N-dealkylation sites (tertiary alicyclic amines) is 1. The molecule has 0 radical (unpaired) electrons. The van der Waals surface area contributed by atoms with Crippen molar-refractivity contribution in [3.8, 4) is 0 Å². The standard InChI is InChI=1S/C23H34N4O.HI/c1-16-13-18(15-27(16)14-17-7-4-3-5-8-17)25-22(24-2)26-20-19-9-12-28-21(19)23(20)10-6-11-23;/h3-5,7-8,16,18-21H,6,9-15H2,1-2H3,(H2,24,25,26);1H. The van der Waals surface area contributed by atoms with E-state index in [1.54, 1.807) is 0 Å². The number of fused-ring (bicyclic) bond motifs is 2. The van der Waals surface area contributed by atoms with Crippen LogP contribution in [0.2, 0.25) is 0 Å². The van der Waals surface area contributed by atoms with Gasteiger partial charge in [-0.25, -0.2) is 0 Å². The minimum Gasteiger partial charge on any atom is -0.377 e. The number of rotatable bonds is 4. The zero-order chi connectivity index (χ0) is 19.1. The van der Waals surface area contributed by atoms with E-state index in [0.717, 1.165) is 25.7 Å². The maximum Gasteiger partial charge on any atom is 0.191 e. The van der Waals surface area contributed by atoms with Crippen molar-refractivity contribution in [2.45, 2.75) is 69.8 Å². The van der Waals surface area contributed by atoms with E-state index in [-0.39, 0.29) is 24.0 Å². The maximum atomic E-state index is 6.07. The molecule has 1 spiro atoms. The Bertz CT molecular complexity index is 723. The predicted molar refractivity (Wildman–Crippen MR) is 128 cm³/mol. The van der Waals surface area contributed by atoms with E-state index in [4.69, 9.17) is 4.74 Å². The second-order valence-corrected chi connectivity index (χ2v) is 9.37. The minimum absolute atomic E-state index is 0. The Morgan fingerprint density at radius 1 is 1.24 bits per heavy atom. The molecular formula is C23H35IN4O. The first-order chi connectivity index (χ1) is 13.7. The average molecular weight is 510 g/mol. The van der Waals surface area contributed by atoms with E-state index in [0.29, 0.717) is 35.6 Å². The third-order valence-electron chi connectivity index (χ3n) is 7.83. The van der Waals surface area contributed by atoms with Crippen LogP contribution >= 0.6 is 24.0 Å². The molecule has 2 saturated carbocycles. The van der Waals surface area contributed by atoms with Gasteiger partial charge in [0.2, 0.25) is 0 Å². The largest absolute Gasteiger partial charge is 0.377 e. The van der Waals surface area contributed by atoms with Crippen molar-refractivity contribution in [3.05, 3.63) is 35.9 Å². The van der Waals surface area contributed by atoms with E-state index < -0.39 is 0 Å². The molecule has 5 unspecified atom stereocenters. The summed E-state index contributed by atoms with van der Waals surface area (Å²) in [7, 11) is 1.91. The Balaban J connectivity index is 0.00000205. The fourth-order valence-corrected chi connectivity index (χ4v) is 6.21. The van der Waals surface area contributed by atoms with Crippen LogP contribution in [0, 0.1) is 11.3 Å². The van der Waals surface area contributed by atoms with Gasteiger partial charge in [-0.05, 0) is 38.2 Å². The lowest BCUT2D eigenvalue weighted by atomic mass is 9.46. The van der Waals surface area contributed by atoms with Crippen LogP contribution in [0.1, 0.15) is 44.6 Å². The molecule has 2 saturated heterocycles. The lowest BCUT2D eigenvalue weighted by molar-refractivity contribution is -0.171. The summed E-state index contributed by atoms with van der Waals surface area (Å²) in [6, 6.07) is 12.4. The first-order valence-electron chi connectivity index (χ1n) is 11.1. The monoisotopic (exact) mass is 510 g/mol. The van der Waals surface area contributed by atoms with Crippen molar-refractivity contribution in [2.75, 3.05) is 20.2 Å². The molecule has 2 aliphatic carbocycles. The van der Waals surface area contributed by atoms with Crippen LogP contribution in [0.5, 0.6) is 0 Å². The molecular weight excluding hydrogens is 475 g/mol. The number of halogens is 1. The van der Waals surface area contributed by atoms with E-state index >= 15 is 0 Å². The molecule has 1 aromatic carbocycles. The van der Waals surface area contributed by atoms with Crippen LogP contribution in [0.4, 0.5) is 0 Å². The van der Waals surface area contributed by atoms with Crippen molar-refractivity contribution in [2.24, 2.45) is 16.3 Å². The third-order valence-corrected chi connectivity index (χ3v) is 7.83. The molecule has 2 aliphatic heterocycles. The molecule has 29 heavy (non-hydrogen) atoms. The molecule has 2 heterocycles. The number of guanidine groups is 1. The summed E-state index contributed by atoms with van der Waals surface area (Å²) in [4.78, 5) is 7.16. The molecule has 5 atom stereocenters. The number of benzene rings is 1. The fourth-order valence-electron chi connectivity index (χ4n) is 6.21. The minimum atomic E-state index is 0. The first kappa shape index (κ1) is 21.4. The smallest absolute Gasteiger partial charge is 0.191 e. The molecule has 5 rings (SSSR count). The van der Waals surface area contributed by atoms with Gasteiger partial charge in [0, 0.05) is 56.2 Å². The van der Waals surface area contributed by atoms with Crippen LogP contribution in [0.15, 0.2) is 35.3 Å². The summed E-state index contributed by atoms with van der Waals surface area (Å²) < 4.78 is 6.07. The van der Waals surface area contributed by atoms with Crippen molar-refractivity contribution in [1.82, 2.24) is 15.5 Å². The normalized spacial score (nSPS) is 35.4. The number of hydrogen-bond donors (Lipinski definition) is 2. The van der Waals surface area contributed by atoms with Gasteiger partial charge < -0.3 is 15.4 Å². The topological polar surface area (TPSA) is 48.9 Å². The molecule has 0 amide bonds. The van der Waals surface area contributed by atoms with E-state index in [1.807, 2.05) is 7.05 Å². The number of nitrogens with zero attached hydrogens (tertiary/aromatic N) is 2. The second-order valence-electron chi connectivity index (χ2n) is 9.37. The van der Waals surface area contributed by atoms with E-state index in [9.17, 15) is 0 Å². The summed E-state index contributed by atoms with van der Waals surface area (Å²) >= 11 is 0. The Kier molecular flexibility index (Phi) is 6.42. The number of nitrogens with one attached hydrogen (secondary N) is 2. The summed E-state index contributed by atoms with van der Waals surface area (Å²) in [5, 5.41) is 7.55. The van der Waals surface area contributed by atoms with Gasteiger partial charge in [0.25, 0.3) is 0 Å². The highest BCUT2D eigenvalue weighted by Crippen LogP contribution is 2.62. The molecule has 0 aromatic heterocycles. The SMILES string of the molecule is CN=C(NC1CC(C)N(Cc2ccccc2)C1)NC1C2CCOC2C12CCC2.I. The van der Waals surface area contributed by atoms with Gasteiger partial charge in [0.15, 0.2) is 5.96 Å². The Labute approximate surface area is 192 Å². The molecule has 4 aliphatic rings. The summed E-state index contributed by atoms with van der Waals surface area (Å²) in [6.07, 6.45) is 6.85. The predicted octanol–water partition coefficient (Wildman–Crippen LogP) is 3.39. The number of hydrogen-bond acceptors (Lipinski definition) is 3. The lowest BCUT2D eigenvalue weighted by Crippen LogP contribution is -2.72. The molecule has 0 bridgehead atoms. The average Bonchev–Trinajstić information content (AvgIpc) is 3.23. The van der Waals surface area contributed by atoms with Gasteiger partial charge in [0.1, 0.15) is 0 Å². The lowest BCUT2D eigenvalue weighted by Gasteiger charge is -2.63. The highest BCUT2D eigenvalue weighted by Gasteiger charge is 2.66. The summed E-state index contributed by atoms with van der Waals surface area (Å²) in [5.74, 6) is 1.66. The molecule has 5 nitrogen and oxygen atoms in total. The molecule has 2 N–H and O–H groups in total. The van der Waals surface area contributed by atoms with Crippen LogP contribution in [-0.2, 0) is 11.3 Å². The number of ether oxygens (including phenoxy) is 1. The van der Waals surface area contributed by atoms with Crippen molar-refractivity contribution in [1.29, 1.82) is 0 Å². The van der Waals surface area contributed by atoms with Crippen LogP contribution in [0.3, 0.4) is 0 Å². The molecule has 6 heteroatoms. The van der Waals surface area contributed by atoms with Gasteiger partial charge in [-0.3, -0.25) is 9.89 Å². The molecule has 4 fully saturated rings. The Morgan fingerprint density at radius 2 is 2.03 bits per heavy atom. The first-order valence-corrected chi connectivity index (χ1v) is 11.1. The number of aliphatic imine (C=N–C) groups is 1. The van der Waals surface area contributed by atoms with Crippen molar-refractivity contribution >= 4 is 29.9 Å². The maximum absolute atomic E-state index is 6.07. The van der Waals surface area contributed by atoms with Crippen molar-refractivity contribution < 1.29 is 4.74 Å². The van der Waals surface area contributed by atoms with Gasteiger partial charge in [0.05, 0.1) is 6.10 Å². The molecule has 1 aromatic rings. The van der Waals surface area contributed by atoms with Gasteiger partial charge >= 0.3 is 0 Å². The quantitative estimate of drug-likeness (QED) is 0.371. The highest BCUT2D eigenvalue weighted by molar-refractivity contribution is 14.0. The van der Waals surface area contributed by atoms with Crippen LogP contribution in [-0.4, -0.2) is 55.3 Å². The highest BCUT2D eigenvalue weighted by atomic mass is 127. The van der Waals surface area contributed by atoms with Crippen molar-refractivity contribution in [3.63, 3.8) is 0 Å².